The van der Waals surface area contributed by atoms with E-state index in [4.69, 9.17) is 5.73 Å². The van der Waals surface area contributed by atoms with Crippen LogP contribution in [0.4, 0.5) is 11.4 Å². The smallest absolute Gasteiger partial charge is 0.253 e. The Morgan fingerprint density at radius 1 is 1.58 bits per heavy atom. The number of anilines is 2. The summed E-state index contributed by atoms with van der Waals surface area (Å²) in [7, 11) is 0. The fraction of sp³-hybridized carbons (Fsp3) is 0.500. The number of nitrogens with one attached hydrogen (secondary N) is 1. The van der Waals surface area contributed by atoms with Crippen LogP contribution in [0.1, 0.15) is 24.2 Å². The SMILES string of the molecule is CCNC(=O)c1ccc(N)cc1N1CCSCC1C. The molecule has 4 nitrogen and oxygen atoms in total. The molecule has 2 rings (SSSR count). The van der Waals surface area contributed by atoms with Gasteiger partial charge in [-0.15, -0.1) is 0 Å². The van der Waals surface area contributed by atoms with Crippen molar-refractivity contribution in [3.63, 3.8) is 0 Å². The first-order chi connectivity index (χ1) is 9.13. The van der Waals surface area contributed by atoms with Gasteiger partial charge >= 0.3 is 0 Å². The maximum absolute atomic E-state index is 12.1. The number of nitrogen functional groups attached to an aromatic ring is 1. The molecule has 1 atom stereocenters. The monoisotopic (exact) mass is 279 g/mol. The molecule has 0 spiro atoms. The van der Waals surface area contributed by atoms with Crippen molar-refractivity contribution in [3.05, 3.63) is 23.8 Å². The third-order valence-electron chi connectivity index (χ3n) is 3.28. The zero-order chi connectivity index (χ0) is 13.8. The van der Waals surface area contributed by atoms with Crippen LogP contribution in [0.25, 0.3) is 0 Å². The molecule has 0 radical (unpaired) electrons. The fourth-order valence-electron chi connectivity index (χ4n) is 2.32. The van der Waals surface area contributed by atoms with E-state index in [2.05, 4.69) is 17.1 Å². The Hall–Kier alpha value is -1.36. The van der Waals surface area contributed by atoms with Crippen molar-refractivity contribution in [2.45, 2.75) is 19.9 Å². The average Bonchev–Trinajstić information content (AvgIpc) is 2.39. The molecule has 1 aromatic carbocycles. The van der Waals surface area contributed by atoms with Gasteiger partial charge in [0.2, 0.25) is 0 Å². The number of nitrogens with two attached hydrogens (primary N) is 1. The molecular weight excluding hydrogens is 258 g/mol. The van der Waals surface area contributed by atoms with E-state index in [1.54, 1.807) is 6.07 Å². The molecule has 0 aromatic heterocycles. The molecule has 0 saturated carbocycles. The van der Waals surface area contributed by atoms with E-state index in [9.17, 15) is 4.79 Å². The van der Waals surface area contributed by atoms with E-state index in [0.717, 1.165) is 29.3 Å². The van der Waals surface area contributed by atoms with E-state index >= 15 is 0 Å². The van der Waals surface area contributed by atoms with Crippen molar-refractivity contribution in [1.29, 1.82) is 0 Å². The fourth-order valence-corrected chi connectivity index (χ4v) is 3.33. The van der Waals surface area contributed by atoms with Gasteiger partial charge < -0.3 is 16.0 Å². The van der Waals surface area contributed by atoms with Gasteiger partial charge in [0.25, 0.3) is 5.91 Å². The van der Waals surface area contributed by atoms with Crippen LogP contribution in [-0.4, -0.2) is 36.5 Å². The molecule has 104 valence electrons. The van der Waals surface area contributed by atoms with Crippen molar-refractivity contribution in [2.75, 3.05) is 35.2 Å². The van der Waals surface area contributed by atoms with Gasteiger partial charge in [-0.3, -0.25) is 4.79 Å². The number of carbonyl (C=O) groups is 1. The Bertz CT molecular complexity index is 464. The van der Waals surface area contributed by atoms with E-state index in [1.165, 1.54) is 0 Å². The van der Waals surface area contributed by atoms with Gasteiger partial charge in [0, 0.05) is 36.3 Å². The number of amides is 1. The Morgan fingerprint density at radius 3 is 3.05 bits per heavy atom. The molecule has 0 aliphatic carbocycles. The van der Waals surface area contributed by atoms with E-state index in [1.807, 2.05) is 30.8 Å². The van der Waals surface area contributed by atoms with Crippen molar-refractivity contribution < 1.29 is 4.79 Å². The molecule has 5 heteroatoms. The minimum atomic E-state index is -0.0251. The van der Waals surface area contributed by atoms with Gasteiger partial charge in [-0.1, -0.05) is 0 Å². The molecule has 1 aromatic rings. The Labute approximate surface area is 118 Å². The summed E-state index contributed by atoms with van der Waals surface area (Å²) in [5.74, 6) is 2.15. The summed E-state index contributed by atoms with van der Waals surface area (Å²) in [5.41, 5.74) is 8.27. The van der Waals surface area contributed by atoms with Crippen LogP contribution in [0.5, 0.6) is 0 Å². The first-order valence-electron chi connectivity index (χ1n) is 6.65. The van der Waals surface area contributed by atoms with Crippen molar-refractivity contribution in [1.82, 2.24) is 5.32 Å². The third kappa shape index (κ3) is 3.15. The Kier molecular flexibility index (Phi) is 4.58. The average molecular weight is 279 g/mol. The number of rotatable bonds is 3. The lowest BCUT2D eigenvalue weighted by molar-refractivity contribution is 0.0956. The highest BCUT2D eigenvalue weighted by Crippen LogP contribution is 2.29. The second-order valence-corrected chi connectivity index (χ2v) is 5.90. The van der Waals surface area contributed by atoms with E-state index in [-0.39, 0.29) is 5.91 Å². The number of thioether (sulfide) groups is 1. The molecule has 1 aliphatic rings. The van der Waals surface area contributed by atoms with E-state index < -0.39 is 0 Å². The van der Waals surface area contributed by atoms with Crippen LogP contribution < -0.4 is 16.0 Å². The van der Waals surface area contributed by atoms with Gasteiger partial charge in [-0.25, -0.2) is 0 Å². The summed E-state index contributed by atoms with van der Waals surface area (Å²) in [6.07, 6.45) is 0. The summed E-state index contributed by atoms with van der Waals surface area (Å²) in [6, 6.07) is 5.95. The maximum atomic E-state index is 12.1. The number of benzene rings is 1. The lowest BCUT2D eigenvalue weighted by atomic mass is 10.1. The quantitative estimate of drug-likeness (QED) is 0.831. The second kappa shape index (κ2) is 6.19. The summed E-state index contributed by atoms with van der Waals surface area (Å²) < 4.78 is 0. The number of nitrogens with zero attached hydrogens (tertiary/aromatic N) is 1. The molecule has 1 fully saturated rings. The first kappa shape index (κ1) is 14.1. The standard InChI is InChI=1S/C14H21N3OS/c1-3-16-14(18)12-5-4-11(15)8-13(12)17-6-7-19-9-10(17)2/h4-5,8,10H,3,6-7,9,15H2,1-2H3,(H,16,18). The highest BCUT2D eigenvalue weighted by atomic mass is 32.2. The van der Waals surface area contributed by atoms with Gasteiger partial charge in [0.05, 0.1) is 11.3 Å². The molecule has 3 N–H and O–H groups in total. The molecular formula is C14H21N3OS. The Balaban J connectivity index is 2.36. The molecule has 1 amide bonds. The van der Waals surface area contributed by atoms with Gasteiger partial charge in [0.1, 0.15) is 0 Å². The van der Waals surface area contributed by atoms with Crippen LogP contribution in [0, 0.1) is 0 Å². The van der Waals surface area contributed by atoms with Gasteiger partial charge in [-0.2, -0.15) is 11.8 Å². The van der Waals surface area contributed by atoms with Gasteiger partial charge in [-0.05, 0) is 32.0 Å². The largest absolute Gasteiger partial charge is 0.399 e. The number of carbonyl (C=O) groups excluding carboxylic acids is 1. The highest BCUT2D eigenvalue weighted by molar-refractivity contribution is 7.99. The maximum Gasteiger partial charge on any atom is 0.253 e. The van der Waals surface area contributed by atoms with Gasteiger partial charge in [0.15, 0.2) is 0 Å². The van der Waals surface area contributed by atoms with Crippen molar-refractivity contribution in [2.24, 2.45) is 0 Å². The summed E-state index contributed by atoms with van der Waals surface area (Å²) in [6.45, 7) is 5.71. The second-order valence-electron chi connectivity index (χ2n) is 4.75. The summed E-state index contributed by atoms with van der Waals surface area (Å²) in [4.78, 5) is 14.4. The highest BCUT2D eigenvalue weighted by Gasteiger charge is 2.23. The van der Waals surface area contributed by atoms with Crippen LogP contribution in [-0.2, 0) is 0 Å². The normalized spacial score (nSPS) is 19.3. The van der Waals surface area contributed by atoms with Crippen molar-refractivity contribution in [3.8, 4) is 0 Å². The molecule has 0 bridgehead atoms. The third-order valence-corrected chi connectivity index (χ3v) is 4.47. The first-order valence-corrected chi connectivity index (χ1v) is 7.81. The minimum Gasteiger partial charge on any atom is -0.399 e. The number of hydrogen-bond donors (Lipinski definition) is 2. The lowest BCUT2D eigenvalue weighted by Crippen LogP contribution is -2.41. The predicted molar refractivity (Wildman–Crippen MR) is 83.0 cm³/mol. The van der Waals surface area contributed by atoms with Crippen LogP contribution in [0.2, 0.25) is 0 Å². The topological polar surface area (TPSA) is 58.4 Å². The summed E-state index contributed by atoms with van der Waals surface area (Å²) >= 11 is 1.96. The lowest BCUT2D eigenvalue weighted by Gasteiger charge is -2.36. The van der Waals surface area contributed by atoms with Crippen LogP contribution in [0.15, 0.2) is 18.2 Å². The van der Waals surface area contributed by atoms with E-state index in [0.29, 0.717) is 18.3 Å². The molecule has 1 heterocycles. The Morgan fingerprint density at radius 2 is 2.37 bits per heavy atom. The number of hydrogen-bond acceptors (Lipinski definition) is 4. The predicted octanol–water partition coefficient (Wildman–Crippen LogP) is 1.96. The minimum absolute atomic E-state index is 0.0251. The van der Waals surface area contributed by atoms with Crippen molar-refractivity contribution >= 4 is 29.0 Å². The summed E-state index contributed by atoms with van der Waals surface area (Å²) in [5, 5.41) is 2.86. The molecule has 19 heavy (non-hydrogen) atoms. The molecule has 1 saturated heterocycles. The zero-order valence-electron chi connectivity index (χ0n) is 11.5. The zero-order valence-corrected chi connectivity index (χ0v) is 12.3. The van der Waals surface area contributed by atoms with Crippen LogP contribution >= 0.6 is 11.8 Å². The van der Waals surface area contributed by atoms with Crippen LogP contribution in [0.3, 0.4) is 0 Å². The molecule has 1 aliphatic heterocycles. The molecule has 1 unspecified atom stereocenters.